The van der Waals surface area contributed by atoms with Gasteiger partial charge in [0, 0.05) is 16.6 Å². The van der Waals surface area contributed by atoms with Crippen LogP contribution in [0.15, 0.2) is 71.0 Å². The summed E-state index contributed by atoms with van der Waals surface area (Å²) in [7, 11) is 0. The SMILES string of the molecule is Cc1cccs1.NC(=O)CC(NC(=O)Cn1cccc(NC(=O)c2ccccc2)c1=O)C(=O)CF. The summed E-state index contributed by atoms with van der Waals surface area (Å²) in [6, 6.07) is 13.8. The summed E-state index contributed by atoms with van der Waals surface area (Å²) < 4.78 is 13.6. The molecule has 3 aromatic rings. The lowest BCUT2D eigenvalue weighted by molar-refractivity contribution is -0.130. The summed E-state index contributed by atoms with van der Waals surface area (Å²) in [4.78, 5) is 60.7. The number of thiophene rings is 1. The van der Waals surface area contributed by atoms with Crippen LogP contribution in [0.2, 0.25) is 0 Å². The van der Waals surface area contributed by atoms with Crippen molar-refractivity contribution in [3.63, 3.8) is 0 Å². The average Bonchev–Trinajstić information content (AvgIpc) is 3.32. The zero-order valence-corrected chi connectivity index (χ0v) is 19.7. The lowest BCUT2D eigenvalue weighted by atomic mass is 10.1. The van der Waals surface area contributed by atoms with E-state index in [2.05, 4.69) is 35.1 Å². The Morgan fingerprint density at radius 2 is 1.77 bits per heavy atom. The summed E-state index contributed by atoms with van der Waals surface area (Å²) in [6.07, 6.45) is 0.747. The first-order valence-corrected chi connectivity index (χ1v) is 11.3. The van der Waals surface area contributed by atoms with Gasteiger partial charge in [0.25, 0.3) is 11.5 Å². The van der Waals surface area contributed by atoms with Crippen molar-refractivity contribution >= 4 is 40.5 Å². The van der Waals surface area contributed by atoms with E-state index in [1.807, 2.05) is 0 Å². The van der Waals surface area contributed by atoms with Crippen molar-refractivity contribution in [2.24, 2.45) is 5.73 Å². The number of amides is 3. The number of Topliss-reactive ketones (excluding diaryl/α,β-unsaturated/α-hetero) is 1. The molecule has 0 aliphatic rings. The number of halogens is 1. The number of carbonyl (C=O) groups is 4. The van der Waals surface area contributed by atoms with Crippen LogP contribution in [0.1, 0.15) is 21.7 Å². The highest BCUT2D eigenvalue weighted by Gasteiger charge is 2.23. The molecule has 9 nitrogen and oxygen atoms in total. The maximum absolute atomic E-state index is 12.6. The molecule has 0 radical (unpaired) electrons. The zero-order valence-electron chi connectivity index (χ0n) is 18.9. The summed E-state index contributed by atoms with van der Waals surface area (Å²) in [5, 5.41) is 6.73. The van der Waals surface area contributed by atoms with Gasteiger partial charge in [0.1, 0.15) is 18.9 Å². The third-order valence-electron chi connectivity index (χ3n) is 4.54. The fraction of sp³-hybridized carbons (Fsp3) is 0.208. The van der Waals surface area contributed by atoms with Gasteiger partial charge in [0.15, 0.2) is 5.78 Å². The zero-order chi connectivity index (χ0) is 25.8. The molecule has 1 aromatic carbocycles. The van der Waals surface area contributed by atoms with Crippen LogP contribution < -0.4 is 21.9 Å². The van der Waals surface area contributed by atoms with E-state index in [0.717, 1.165) is 4.57 Å². The van der Waals surface area contributed by atoms with Gasteiger partial charge >= 0.3 is 0 Å². The molecule has 2 heterocycles. The number of benzene rings is 1. The predicted octanol–water partition coefficient (Wildman–Crippen LogP) is 2.06. The molecule has 0 saturated heterocycles. The van der Waals surface area contributed by atoms with Gasteiger partial charge in [-0.1, -0.05) is 24.3 Å². The number of alkyl halides is 1. The number of ketones is 1. The standard InChI is InChI=1S/C19H19FN4O5.C5H6S/c20-10-15(25)14(9-16(21)26)22-17(27)11-24-8-4-7-13(19(24)29)23-18(28)12-5-2-1-3-6-12;1-5-3-2-4-6-5/h1-8,14H,9-11H2,(H2,21,26)(H,22,27)(H,23,28);2-4H,1H3. The van der Waals surface area contributed by atoms with E-state index in [1.54, 1.807) is 41.7 Å². The molecule has 0 aliphatic heterocycles. The molecule has 1 unspecified atom stereocenters. The first kappa shape index (κ1) is 27.1. The van der Waals surface area contributed by atoms with Gasteiger partial charge in [-0.3, -0.25) is 24.0 Å². The van der Waals surface area contributed by atoms with Crippen LogP contribution in [0.4, 0.5) is 10.1 Å². The molecule has 3 amide bonds. The van der Waals surface area contributed by atoms with E-state index in [4.69, 9.17) is 5.73 Å². The van der Waals surface area contributed by atoms with Crippen LogP contribution in [-0.2, 0) is 20.9 Å². The van der Waals surface area contributed by atoms with Crippen LogP contribution in [-0.4, -0.2) is 40.8 Å². The van der Waals surface area contributed by atoms with Crippen LogP contribution >= 0.6 is 11.3 Å². The number of pyridine rings is 1. The Morgan fingerprint density at radius 1 is 1.06 bits per heavy atom. The highest BCUT2D eigenvalue weighted by atomic mass is 32.1. The Bertz CT molecular complexity index is 1210. The van der Waals surface area contributed by atoms with Crippen molar-refractivity contribution in [2.75, 3.05) is 12.0 Å². The molecule has 3 rings (SSSR count). The number of hydrogen-bond donors (Lipinski definition) is 3. The molecule has 0 saturated carbocycles. The summed E-state index contributed by atoms with van der Waals surface area (Å²) >= 11 is 1.78. The molecule has 2 aromatic heterocycles. The molecular formula is C24H25FN4O5S. The predicted molar refractivity (Wildman–Crippen MR) is 131 cm³/mol. The molecule has 1 atom stereocenters. The maximum Gasteiger partial charge on any atom is 0.274 e. The summed E-state index contributed by atoms with van der Waals surface area (Å²) in [6.45, 7) is 0.215. The van der Waals surface area contributed by atoms with Crippen molar-refractivity contribution in [2.45, 2.75) is 25.9 Å². The molecule has 4 N–H and O–H groups in total. The fourth-order valence-electron chi connectivity index (χ4n) is 2.84. The third kappa shape index (κ3) is 8.97. The second-order valence-electron chi connectivity index (χ2n) is 7.29. The summed E-state index contributed by atoms with van der Waals surface area (Å²) in [5.41, 5.74) is 4.63. The van der Waals surface area contributed by atoms with Gasteiger partial charge < -0.3 is 20.9 Å². The molecule has 0 fully saturated rings. The number of carbonyl (C=O) groups excluding carboxylic acids is 4. The number of anilines is 1. The van der Waals surface area contributed by atoms with Gasteiger partial charge in [-0.25, -0.2) is 4.39 Å². The first-order chi connectivity index (χ1) is 16.7. The van der Waals surface area contributed by atoms with Crippen LogP contribution in [0.5, 0.6) is 0 Å². The van der Waals surface area contributed by atoms with Gasteiger partial charge in [0.05, 0.1) is 12.5 Å². The first-order valence-electron chi connectivity index (χ1n) is 10.4. The third-order valence-corrected chi connectivity index (χ3v) is 5.34. The lowest BCUT2D eigenvalue weighted by Crippen LogP contribution is -2.46. The van der Waals surface area contributed by atoms with Crippen molar-refractivity contribution in [3.05, 3.63) is 87.0 Å². The highest BCUT2D eigenvalue weighted by Crippen LogP contribution is 2.05. The van der Waals surface area contributed by atoms with E-state index in [9.17, 15) is 28.4 Å². The van der Waals surface area contributed by atoms with Gasteiger partial charge in [-0.15, -0.1) is 11.3 Å². The minimum atomic E-state index is -1.42. The van der Waals surface area contributed by atoms with E-state index in [1.165, 1.54) is 23.2 Å². The topological polar surface area (TPSA) is 140 Å². The van der Waals surface area contributed by atoms with Crippen LogP contribution in [0.3, 0.4) is 0 Å². The van der Waals surface area contributed by atoms with E-state index in [0.29, 0.717) is 5.56 Å². The lowest BCUT2D eigenvalue weighted by Gasteiger charge is -2.15. The number of nitrogens with two attached hydrogens (primary N) is 1. The fourth-order valence-corrected chi connectivity index (χ4v) is 3.36. The number of primary amides is 1. The summed E-state index contributed by atoms with van der Waals surface area (Å²) in [5.74, 6) is -3.19. The second kappa shape index (κ2) is 13.6. The van der Waals surface area contributed by atoms with Gasteiger partial charge in [-0.2, -0.15) is 0 Å². The quantitative estimate of drug-likeness (QED) is 0.413. The Balaban J connectivity index is 0.000000625. The van der Waals surface area contributed by atoms with Crippen molar-refractivity contribution in [1.82, 2.24) is 9.88 Å². The molecule has 0 spiro atoms. The van der Waals surface area contributed by atoms with Crippen LogP contribution in [0, 0.1) is 6.92 Å². The molecule has 0 bridgehead atoms. The number of rotatable bonds is 9. The number of hydrogen-bond acceptors (Lipinski definition) is 6. The second-order valence-corrected chi connectivity index (χ2v) is 8.44. The molecular weight excluding hydrogens is 475 g/mol. The average molecular weight is 501 g/mol. The van der Waals surface area contributed by atoms with Gasteiger partial charge in [-0.05, 0) is 42.6 Å². The Labute approximate surface area is 204 Å². The van der Waals surface area contributed by atoms with E-state index < -0.39 is 54.7 Å². The Morgan fingerprint density at radius 3 is 2.31 bits per heavy atom. The minimum absolute atomic E-state index is 0.0531. The Kier molecular flexibility index (Phi) is 10.5. The molecule has 0 aliphatic carbocycles. The number of aromatic nitrogens is 1. The van der Waals surface area contributed by atoms with Gasteiger partial charge in [0.2, 0.25) is 11.8 Å². The molecule has 11 heteroatoms. The van der Waals surface area contributed by atoms with E-state index in [-0.39, 0.29) is 5.69 Å². The number of nitrogens with one attached hydrogen (secondary N) is 2. The monoisotopic (exact) mass is 500 g/mol. The van der Waals surface area contributed by atoms with Crippen LogP contribution in [0.25, 0.3) is 0 Å². The largest absolute Gasteiger partial charge is 0.370 e. The molecule has 184 valence electrons. The normalized spacial score (nSPS) is 10.9. The Hall–Kier alpha value is -4.12. The van der Waals surface area contributed by atoms with E-state index >= 15 is 0 Å². The molecule has 35 heavy (non-hydrogen) atoms. The van der Waals surface area contributed by atoms with Crippen molar-refractivity contribution in [1.29, 1.82) is 0 Å². The number of aryl methyl sites for hydroxylation is 1. The van der Waals surface area contributed by atoms with Crippen molar-refractivity contribution < 1.29 is 23.6 Å². The maximum atomic E-state index is 12.6. The smallest absolute Gasteiger partial charge is 0.274 e. The van der Waals surface area contributed by atoms with Crippen molar-refractivity contribution in [3.8, 4) is 0 Å². The minimum Gasteiger partial charge on any atom is -0.370 e. The number of nitrogens with zero attached hydrogens (tertiary/aromatic N) is 1. The highest BCUT2D eigenvalue weighted by molar-refractivity contribution is 7.09.